The highest BCUT2D eigenvalue weighted by molar-refractivity contribution is 6.35. The Morgan fingerprint density at radius 2 is 1.64 bits per heavy atom. The molecule has 1 amide bonds. The van der Waals surface area contributed by atoms with Crippen LogP contribution in [0.5, 0.6) is 5.75 Å². The van der Waals surface area contributed by atoms with Crippen molar-refractivity contribution in [2.24, 2.45) is 0 Å². The average Bonchev–Trinajstić information content (AvgIpc) is 3.54. The second kappa shape index (κ2) is 10.6. The number of nitrogens with zero attached hydrogens (tertiary/aromatic N) is 5. The van der Waals surface area contributed by atoms with Crippen molar-refractivity contribution in [3.8, 4) is 22.7 Å². The van der Waals surface area contributed by atoms with E-state index in [1.807, 2.05) is 0 Å². The SMILES string of the molecule is O=C(Nc1nn[nH]n1)c1ccc(Nc2cc(-c3cc(Cl)cc(Cl)c3)nn2-c2ccc(OC(F)(F)F)cc2)cc1. The molecule has 5 rings (SSSR count). The summed E-state index contributed by atoms with van der Waals surface area (Å²) in [5.74, 6) is -0.306. The zero-order valence-electron chi connectivity index (χ0n) is 19.4. The lowest BCUT2D eigenvalue weighted by Gasteiger charge is -2.12. The number of hydrogen-bond donors (Lipinski definition) is 3. The molecule has 0 aliphatic rings. The van der Waals surface area contributed by atoms with Gasteiger partial charge in [0.25, 0.3) is 11.9 Å². The van der Waals surface area contributed by atoms with E-state index in [-0.39, 0.29) is 11.7 Å². The molecule has 5 aromatic rings. The molecule has 0 saturated heterocycles. The number of aromatic nitrogens is 6. The number of rotatable bonds is 7. The van der Waals surface area contributed by atoms with Gasteiger partial charge in [-0.3, -0.25) is 10.1 Å². The molecule has 3 N–H and O–H groups in total. The third kappa shape index (κ3) is 6.45. The smallest absolute Gasteiger partial charge is 0.406 e. The number of aromatic amines is 1. The van der Waals surface area contributed by atoms with E-state index < -0.39 is 12.3 Å². The largest absolute Gasteiger partial charge is 0.573 e. The number of carbonyl (C=O) groups excluding carboxylic acids is 1. The summed E-state index contributed by atoms with van der Waals surface area (Å²) in [5.41, 5.74) is 2.50. The number of hydrogen-bond acceptors (Lipinski definition) is 7. The molecule has 0 unspecified atom stereocenters. The van der Waals surface area contributed by atoms with Gasteiger partial charge in [0, 0.05) is 32.9 Å². The fraction of sp³-hybridized carbons (Fsp3) is 0.0417. The third-order valence-corrected chi connectivity index (χ3v) is 5.61. The second-order valence-electron chi connectivity index (χ2n) is 7.92. The maximum absolute atomic E-state index is 12.6. The summed E-state index contributed by atoms with van der Waals surface area (Å²) >= 11 is 12.3. The van der Waals surface area contributed by atoms with Crippen molar-refractivity contribution in [2.75, 3.05) is 10.6 Å². The summed E-state index contributed by atoms with van der Waals surface area (Å²) in [7, 11) is 0. The van der Waals surface area contributed by atoms with Crippen LogP contribution in [0.1, 0.15) is 10.4 Å². The molecule has 0 aliphatic carbocycles. The normalized spacial score (nSPS) is 11.3. The van der Waals surface area contributed by atoms with E-state index in [1.54, 1.807) is 48.5 Å². The quantitative estimate of drug-likeness (QED) is 0.210. The van der Waals surface area contributed by atoms with Crippen molar-refractivity contribution in [3.63, 3.8) is 0 Å². The Morgan fingerprint density at radius 3 is 2.26 bits per heavy atom. The lowest BCUT2D eigenvalue weighted by Crippen LogP contribution is -2.17. The minimum atomic E-state index is -4.81. The van der Waals surface area contributed by atoms with Crippen molar-refractivity contribution in [1.82, 2.24) is 30.4 Å². The predicted molar refractivity (Wildman–Crippen MR) is 138 cm³/mol. The fourth-order valence-corrected chi connectivity index (χ4v) is 4.07. The molecular formula is C24H15Cl2F3N8O2. The molecule has 198 valence electrons. The van der Waals surface area contributed by atoms with Gasteiger partial charge in [0.2, 0.25) is 0 Å². The molecule has 0 spiro atoms. The lowest BCUT2D eigenvalue weighted by atomic mass is 10.1. The highest BCUT2D eigenvalue weighted by atomic mass is 35.5. The summed E-state index contributed by atoms with van der Waals surface area (Å²) in [6.07, 6.45) is -4.81. The van der Waals surface area contributed by atoms with E-state index in [2.05, 4.69) is 41.1 Å². The van der Waals surface area contributed by atoms with Crippen LogP contribution in [0.4, 0.5) is 30.6 Å². The van der Waals surface area contributed by atoms with Crippen molar-refractivity contribution in [1.29, 1.82) is 0 Å². The number of anilines is 3. The Labute approximate surface area is 227 Å². The summed E-state index contributed by atoms with van der Waals surface area (Å²) in [6.45, 7) is 0. The number of halogens is 5. The molecule has 15 heteroatoms. The first-order chi connectivity index (χ1) is 18.6. The zero-order valence-corrected chi connectivity index (χ0v) is 20.9. The average molecular weight is 575 g/mol. The maximum atomic E-state index is 12.6. The topological polar surface area (TPSA) is 123 Å². The third-order valence-electron chi connectivity index (χ3n) is 5.17. The van der Waals surface area contributed by atoms with Crippen LogP contribution >= 0.6 is 23.2 Å². The van der Waals surface area contributed by atoms with E-state index in [0.29, 0.717) is 44.1 Å². The monoisotopic (exact) mass is 574 g/mol. The van der Waals surface area contributed by atoms with Crippen LogP contribution in [-0.4, -0.2) is 42.7 Å². The Balaban J connectivity index is 1.45. The number of nitrogens with one attached hydrogen (secondary N) is 3. The molecule has 0 saturated carbocycles. The number of tetrazole rings is 1. The Bertz CT molecular complexity index is 1590. The molecule has 0 aliphatic heterocycles. The standard InChI is InChI=1S/C24H15Cl2F3N8O2/c25-15-9-14(10-16(26)11-15)20-12-21(37(34-20)18-5-7-19(8-6-18)39-24(27,28)29)30-17-3-1-13(2-4-17)22(38)31-23-32-35-36-33-23/h1-12,30H,(H2,31,32,33,35,36,38). The summed E-state index contributed by atoms with van der Waals surface area (Å²) in [6, 6.07) is 18.4. The van der Waals surface area contributed by atoms with E-state index in [4.69, 9.17) is 23.2 Å². The molecule has 0 radical (unpaired) electrons. The van der Waals surface area contributed by atoms with Crippen LogP contribution < -0.4 is 15.4 Å². The first kappa shape index (κ1) is 26.0. The summed E-state index contributed by atoms with van der Waals surface area (Å²) in [4.78, 5) is 12.4. The molecule has 3 aromatic carbocycles. The van der Waals surface area contributed by atoms with E-state index >= 15 is 0 Å². The van der Waals surface area contributed by atoms with Gasteiger partial charge in [-0.05, 0) is 71.9 Å². The molecule has 10 nitrogen and oxygen atoms in total. The summed E-state index contributed by atoms with van der Waals surface area (Å²) in [5, 5.41) is 24.1. The highest BCUT2D eigenvalue weighted by Gasteiger charge is 2.31. The molecule has 0 atom stereocenters. The molecule has 39 heavy (non-hydrogen) atoms. The Hall–Kier alpha value is -4.62. The van der Waals surface area contributed by atoms with Gasteiger partial charge < -0.3 is 10.1 Å². The van der Waals surface area contributed by atoms with Gasteiger partial charge in [0.15, 0.2) is 0 Å². The van der Waals surface area contributed by atoms with Gasteiger partial charge in [0.1, 0.15) is 11.6 Å². The van der Waals surface area contributed by atoms with Gasteiger partial charge >= 0.3 is 6.36 Å². The number of amides is 1. The van der Waals surface area contributed by atoms with Crippen LogP contribution in [-0.2, 0) is 0 Å². The van der Waals surface area contributed by atoms with E-state index in [0.717, 1.165) is 0 Å². The second-order valence-corrected chi connectivity index (χ2v) is 8.79. The number of H-pyrrole nitrogens is 1. The summed E-state index contributed by atoms with van der Waals surface area (Å²) < 4.78 is 43.2. The number of ether oxygens (including phenoxy) is 1. The minimum Gasteiger partial charge on any atom is -0.406 e. The fourth-order valence-electron chi connectivity index (χ4n) is 3.54. The van der Waals surface area contributed by atoms with Gasteiger partial charge in [-0.25, -0.2) is 4.68 Å². The van der Waals surface area contributed by atoms with Crippen molar-refractivity contribution >= 4 is 46.6 Å². The van der Waals surface area contributed by atoms with Gasteiger partial charge in [-0.1, -0.05) is 28.3 Å². The van der Waals surface area contributed by atoms with Crippen molar-refractivity contribution < 1.29 is 22.7 Å². The first-order valence-electron chi connectivity index (χ1n) is 11.0. The molecule has 2 aromatic heterocycles. The van der Waals surface area contributed by atoms with Crippen molar-refractivity contribution in [3.05, 3.63) is 88.4 Å². The van der Waals surface area contributed by atoms with Crippen molar-refractivity contribution in [2.45, 2.75) is 6.36 Å². The van der Waals surface area contributed by atoms with Gasteiger partial charge in [-0.15, -0.1) is 18.3 Å². The highest BCUT2D eigenvalue weighted by Crippen LogP contribution is 2.32. The lowest BCUT2D eigenvalue weighted by molar-refractivity contribution is -0.274. The zero-order chi connectivity index (χ0) is 27.6. The van der Waals surface area contributed by atoms with Crippen LogP contribution in [0, 0.1) is 0 Å². The number of carbonyl (C=O) groups is 1. The molecular weight excluding hydrogens is 560 g/mol. The number of benzene rings is 3. The molecule has 0 fully saturated rings. The van der Waals surface area contributed by atoms with E-state index in [9.17, 15) is 18.0 Å². The van der Waals surface area contributed by atoms with Gasteiger partial charge in [-0.2, -0.15) is 10.3 Å². The van der Waals surface area contributed by atoms with Crippen LogP contribution in [0.2, 0.25) is 10.0 Å². The number of alkyl halides is 3. The van der Waals surface area contributed by atoms with Crippen LogP contribution in [0.15, 0.2) is 72.8 Å². The maximum Gasteiger partial charge on any atom is 0.573 e. The van der Waals surface area contributed by atoms with Gasteiger partial charge in [0.05, 0.1) is 11.4 Å². The minimum absolute atomic E-state index is 0.0337. The first-order valence-corrected chi connectivity index (χ1v) is 11.7. The Kier molecular flexibility index (Phi) is 7.09. The molecule has 0 bridgehead atoms. The van der Waals surface area contributed by atoms with Crippen LogP contribution in [0.3, 0.4) is 0 Å². The van der Waals surface area contributed by atoms with E-state index in [1.165, 1.54) is 28.9 Å². The van der Waals surface area contributed by atoms with Crippen LogP contribution in [0.25, 0.3) is 16.9 Å². The molecule has 2 heterocycles. The predicted octanol–water partition coefficient (Wildman–Crippen LogP) is 6.25. The Morgan fingerprint density at radius 1 is 0.949 bits per heavy atom.